The first kappa shape index (κ1) is 14.3. The Morgan fingerprint density at radius 3 is 1.65 bits per heavy atom. The summed E-state index contributed by atoms with van der Waals surface area (Å²) < 4.78 is 0. The van der Waals surface area contributed by atoms with E-state index in [1.54, 1.807) is 64.2 Å². The minimum atomic E-state index is 0.815. The number of thioether (sulfide) groups is 1. The quantitative estimate of drug-likeness (QED) is 0.592. The lowest BCUT2D eigenvalue weighted by Gasteiger charge is -2.47. The maximum Gasteiger partial charge on any atom is 0.130 e. The minimum Gasteiger partial charge on any atom is -0.145 e. The summed E-state index contributed by atoms with van der Waals surface area (Å²) in [6.07, 6.45) is 20.3. The predicted octanol–water partition coefficient (Wildman–Crippen LogP) is 5.31. The highest BCUT2D eigenvalue weighted by Crippen LogP contribution is 2.51. The van der Waals surface area contributed by atoms with Gasteiger partial charge in [-0.1, -0.05) is 19.3 Å². The van der Waals surface area contributed by atoms with E-state index in [2.05, 4.69) is 11.8 Å². The summed E-state index contributed by atoms with van der Waals surface area (Å²) >= 11 is 2.47. The average Bonchev–Trinajstić information content (AvgIpc) is 2.53. The summed E-state index contributed by atoms with van der Waals surface area (Å²) in [4.78, 5) is 0. The van der Waals surface area contributed by atoms with Crippen LogP contribution in [0.15, 0.2) is 0 Å². The van der Waals surface area contributed by atoms with Crippen LogP contribution in [0.4, 0.5) is 0 Å². The smallest absolute Gasteiger partial charge is 0.130 e. The molecule has 20 heavy (non-hydrogen) atoms. The Kier molecular flexibility index (Phi) is 4.61. The van der Waals surface area contributed by atoms with E-state index in [0.717, 1.165) is 37.1 Å². The number of rotatable bonds is 1. The second-order valence-corrected chi connectivity index (χ2v) is 11.7. The van der Waals surface area contributed by atoms with Crippen LogP contribution in [0, 0.1) is 0 Å². The SMILES string of the molecule is C1CCC([S+]2C3CCCCC3SC3CCCCC32)CC1. The molecule has 4 atom stereocenters. The van der Waals surface area contributed by atoms with Crippen molar-refractivity contribution >= 4 is 22.7 Å². The van der Waals surface area contributed by atoms with Crippen LogP contribution in [0.2, 0.25) is 0 Å². The van der Waals surface area contributed by atoms with Gasteiger partial charge in [-0.2, -0.15) is 0 Å². The topological polar surface area (TPSA) is 0 Å². The van der Waals surface area contributed by atoms with Crippen LogP contribution in [-0.2, 0) is 10.9 Å². The van der Waals surface area contributed by atoms with Crippen LogP contribution in [-0.4, -0.2) is 26.2 Å². The Balaban J connectivity index is 1.58. The highest BCUT2D eigenvalue weighted by Gasteiger charge is 2.56. The van der Waals surface area contributed by atoms with E-state index in [0.29, 0.717) is 0 Å². The zero-order valence-corrected chi connectivity index (χ0v) is 14.5. The predicted molar refractivity (Wildman–Crippen MR) is 93.9 cm³/mol. The van der Waals surface area contributed by atoms with Crippen molar-refractivity contribution in [3.63, 3.8) is 0 Å². The Bertz CT molecular complexity index is 301. The molecule has 0 bridgehead atoms. The zero-order chi connectivity index (χ0) is 13.4. The molecule has 0 radical (unpaired) electrons. The molecule has 2 heteroatoms. The molecular formula is C18H31S2+. The van der Waals surface area contributed by atoms with Gasteiger partial charge in [0.15, 0.2) is 0 Å². The molecule has 3 saturated carbocycles. The lowest BCUT2D eigenvalue weighted by Crippen LogP contribution is -2.55. The Morgan fingerprint density at radius 1 is 0.550 bits per heavy atom. The molecule has 0 spiro atoms. The molecule has 4 aliphatic rings. The molecule has 1 heterocycles. The van der Waals surface area contributed by atoms with Gasteiger partial charge in [0.1, 0.15) is 15.7 Å². The Labute approximate surface area is 132 Å². The van der Waals surface area contributed by atoms with Gasteiger partial charge in [0.05, 0.1) is 10.5 Å². The van der Waals surface area contributed by atoms with Crippen molar-refractivity contribution in [2.75, 3.05) is 0 Å². The van der Waals surface area contributed by atoms with Gasteiger partial charge in [-0.25, -0.2) is 0 Å². The Morgan fingerprint density at radius 2 is 1.05 bits per heavy atom. The van der Waals surface area contributed by atoms with Crippen molar-refractivity contribution in [2.45, 2.75) is 110 Å². The van der Waals surface area contributed by atoms with Gasteiger partial charge >= 0.3 is 0 Å². The van der Waals surface area contributed by atoms with E-state index in [1.807, 2.05) is 0 Å². The van der Waals surface area contributed by atoms with Crippen molar-refractivity contribution in [1.82, 2.24) is 0 Å². The fourth-order valence-electron chi connectivity index (χ4n) is 5.34. The maximum absolute atomic E-state index is 2.47. The van der Waals surface area contributed by atoms with E-state index in [9.17, 15) is 0 Å². The average molecular weight is 312 g/mol. The second-order valence-electron chi connectivity index (χ2n) is 7.53. The standard InChI is InChI=1S/C18H31S2/c1-2-8-14(9-3-1)20-17-12-6-4-10-15(17)19-16-11-5-7-13-18(16)20/h14-18H,1-13H2/q+1. The second kappa shape index (κ2) is 6.44. The fraction of sp³-hybridized carbons (Fsp3) is 1.00. The minimum absolute atomic E-state index is 0.815. The van der Waals surface area contributed by atoms with E-state index in [1.165, 1.54) is 19.3 Å². The molecule has 4 unspecified atom stereocenters. The maximum atomic E-state index is 2.47. The lowest BCUT2D eigenvalue weighted by molar-refractivity contribution is 0.460. The highest BCUT2D eigenvalue weighted by atomic mass is 32.2. The fourth-order valence-corrected chi connectivity index (χ4v) is 12.3. The van der Waals surface area contributed by atoms with Gasteiger partial charge in [-0.05, 0) is 75.1 Å². The van der Waals surface area contributed by atoms with Crippen LogP contribution in [0.25, 0.3) is 0 Å². The third-order valence-electron chi connectivity index (χ3n) is 6.27. The van der Waals surface area contributed by atoms with Crippen molar-refractivity contribution in [1.29, 1.82) is 0 Å². The molecule has 0 aromatic rings. The van der Waals surface area contributed by atoms with E-state index >= 15 is 0 Å². The van der Waals surface area contributed by atoms with Crippen molar-refractivity contribution in [3.05, 3.63) is 0 Å². The van der Waals surface area contributed by atoms with Gasteiger partial charge in [-0.15, -0.1) is 11.8 Å². The first-order valence-corrected chi connectivity index (χ1v) is 11.7. The van der Waals surface area contributed by atoms with Crippen molar-refractivity contribution in [2.24, 2.45) is 0 Å². The summed E-state index contributed by atoms with van der Waals surface area (Å²) in [5.74, 6) is 0. The largest absolute Gasteiger partial charge is 0.145 e. The van der Waals surface area contributed by atoms with Gasteiger partial charge in [-0.3, -0.25) is 0 Å². The van der Waals surface area contributed by atoms with Crippen LogP contribution in [0.1, 0.15) is 83.5 Å². The molecule has 1 aliphatic heterocycles. The van der Waals surface area contributed by atoms with Crippen LogP contribution < -0.4 is 0 Å². The molecule has 114 valence electrons. The van der Waals surface area contributed by atoms with Gasteiger partial charge in [0, 0.05) is 0 Å². The van der Waals surface area contributed by atoms with E-state index in [-0.39, 0.29) is 0 Å². The molecule has 4 fully saturated rings. The summed E-state index contributed by atoms with van der Waals surface area (Å²) in [5, 5.41) is 5.61. The summed E-state index contributed by atoms with van der Waals surface area (Å²) in [6, 6.07) is 0. The summed E-state index contributed by atoms with van der Waals surface area (Å²) in [5.41, 5.74) is 0. The van der Waals surface area contributed by atoms with Crippen LogP contribution in [0.3, 0.4) is 0 Å². The highest BCUT2D eigenvalue weighted by molar-refractivity contribution is 8.07. The van der Waals surface area contributed by atoms with Gasteiger partial charge in [0.25, 0.3) is 0 Å². The molecular weight excluding hydrogens is 280 g/mol. The Hall–Kier alpha value is 0.700. The van der Waals surface area contributed by atoms with Gasteiger partial charge in [0.2, 0.25) is 0 Å². The number of fused-ring (bicyclic) bond motifs is 2. The molecule has 1 saturated heterocycles. The molecule has 0 N–H and O–H groups in total. The normalized spacial score (nSPS) is 46.5. The van der Waals surface area contributed by atoms with Crippen LogP contribution in [0.5, 0.6) is 0 Å². The molecule has 4 rings (SSSR count). The first-order valence-electron chi connectivity index (χ1n) is 9.29. The number of hydrogen-bond acceptors (Lipinski definition) is 1. The summed E-state index contributed by atoms with van der Waals surface area (Å²) in [7, 11) is 0.815. The van der Waals surface area contributed by atoms with Crippen molar-refractivity contribution < 1.29 is 0 Å². The number of hydrogen-bond donors (Lipinski definition) is 0. The first-order chi connectivity index (χ1) is 9.93. The summed E-state index contributed by atoms with van der Waals surface area (Å²) in [6.45, 7) is 0. The molecule has 0 nitrogen and oxygen atoms in total. The van der Waals surface area contributed by atoms with Crippen molar-refractivity contribution in [3.8, 4) is 0 Å². The molecule has 0 aromatic heterocycles. The van der Waals surface area contributed by atoms with E-state index in [4.69, 9.17) is 0 Å². The van der Waals surface area contributed by atoms with E-state index < -0.39 is 0 Å². The molecule has 0 amide bonds. The van der Waals surface area contributed by atoms with Crippen LogP contribution >= 0.6 is 11.8 Å². The molecule has 0 aromatic carbocycles. The third kappa shape index (κ3) is 2.69. The zero-order valence-electron chi connectivity index (χ0n) is 12.9. The molecule has 3 aliphatic carbocycles. The third-order valence-corrected chi connectivity index (χ3v) is 12.2. The van der Waals surface area contributed by atoms with Gasteiger partial charge < -0.3 is 0 Å². The lowest BCUT2D eigenvalue weighted by atomic mass is 9.98. The monoisotopic (exact) mass is 311 g/mol.